The number of nitrogens with zero attached hydrogens (tertiary/aromatic N) is 1. The topological polar surface area (TPSA) is 81.0 Å². The van der Waals surface area contributed by atoms with E-state index in [1.807, 2.05) is 68.2 Å². The molecule has 2 aliphatic heterocycles. The lowest BCUT2D eigenvalue weighted by molar-refractivity contribution is -0.132. The first-order valence-corrected chi connectivity index (χ1v) is 11.7. The fraction of sp³-hybridized carbons (Fsp3) is 0.519. The van der Waals surface area contributed by atoms with Crippen molar-refractivity contribution in [3.05, 3.63) is 71.9 Å². The van der Waals surface area contributed by atoms with Gasteiger partial charge in [-0.1, -0.05) is 71.9 Å². The minimum atomic E-state index is -0.885. The number of hydrogen-bond acceptors (Lipinski definition) is 4. The molecule has 9 atom stereocenters. The fourth-order valence-corrected chi connectivity index (χ4v) is 6.13. The van der Waals surface area contributed by atoms with Gasteiger partial charge in [0.15, 0.2) is 0 Å². The minimum absolute atomic E-state index is 0.000549. The van der Waals surface area contributed by atoms with E-state index in [9.17, 15) is 20.1 Å². The summed E-state index contributed by atoms with van der Waals surface area (Å²) in [7, 11) is 0. The molecule has 5 heteroatoms. The zero-order valence-corrected chi connectivity index (χ0v) is 19.1. The molecule has 32 heavy (non-hydrogen) atoms. The summed E-state index contributed by atoms with van der Waals surface area (Å²) in [6.07, 6.45) is 18.6. The van der Waals surface area contributed by atoms with Gasteiger partial charge in [0.25, 0.3) is 0 Å². The molecule has 2 heterocycles. The standard InChI is InChI=1S/C27H35NO4/c1-4-5-6-7-10-19-15-22(30)25-24-17(3)14-18-12-13-21(29)26(31)23(18)16(2)9-8-11-20(24)27(32)28(19)25/h4-9,11-14,18-26,29-31H,10,15H2,1-3H3/b5-4+,7-6+,11-8-,16-9+,17-14+/t18-,19-,20+,21-,22+,23-,24-,25+,26-/m1/s1. The predicted molar refractivity (Wildman–Crippen MR) is 125 cm³/mol. The number of hydrogen-bond donors (Lipinski definition) is 3. The Kier molecular flexibility index (Phi) is 6.70. The Morgan fingerprint density at radius 2 is 1.84 bits per heavy atom. The largest absolute Gasteiger partial charge is 0.391 e. The van der Waals surface area contributed by atoms with Gasteiger partial charge in [-0.15, -0.1) is 0 Å². The van der Waals surface area contributed by atoms with E-state index < -0.39 is 18.3 Å². The monoisotopic (exact) mass is 437 g/mol. The van der Waals surface area contributed by atoms with Gasteiger partial charge >= 0.3 is 0 Å². The van der Waals surface area contributed by atoms with E-state index in [1.165, 1.54) is 0 Å². The van der Waals surface area contributed by atoms with E-state index >= 15 is 0 Å². The third-order valence-corrected chi connectivity index (χ3v) is 7.61. The molecule has 2 aliphatic carbocycles. The average molecular weight is 438 g/mol. The molecule has 0 aromatic rings. The van der Waals surface area contributed by atoms with Crippen LogP contribution in [0.5, 0.6) is 0 Å². The Morgan fingerprint density at radius 3 is 2.59 bits per heavy atom. The van der Waals surface area contributed by atoms with Gasteiger partial charge in [0, 0.05) is 23.8 Å². The molecule has 0 saturated carbocycles. The minimum Gasteiger partial charge on any atom is -0.391 e. The number of carbonyl (C=O) groups is 1. The normalized spacial score (nSPS) is 45.9. The Hall–Kier alpha value is -2.21. The molecule has 0 spiro atoms. The molecule has 0 bridgehead atoms. The van der Waals surface area contributed by atoms with Crippen LogP contribution in [0.1, 0.15) is 33.6 Å². The summed E-state index contributed by atoms with van der Waals surface area (Å²) < 4.78 is 0. The number of allylic oxidation sites excluding steroid dienone is 7. The quantitative estimate of drug-likeness (QED) is 0.468. The summed E-state index contributed by atoms with van der Waals surface area (Å²) in [5, 5.41) is 31.8. The van der Waals surface area contributed by atoms with Crippen molar-refractivity contribution >= 4 is 5.91 Å². The van der Waals surface area contributed by atoms with Gasteiger partial charge in [0.2, 0.25) is 5.91 Å². The highest BCUT2D eigenvalue weighted by Gasteiger charge is 2.56. The van der Waals surface area contributed by atoms with Gasteiger partial charge in [0.1, 0.15) is 0 Å². The van der Waals surface area contributed by atoms with Gasteiger partial charge in [-0.3, -0.25) is 4.79 Å². The van der Waals surface area contributed by atoms with Gasteiger partial charge in [0.05, 0.1) is 30.3 Å². The molecule has 1 amide bonds. The number of aliphatic hydroxyl groups excluding tert-OH is 3. The average Bonchev–Trinajstić information content (AvgIpc) is 3.23. The van der Waals surface area contributed by atoms with E-state index in [-0.39, 0.29) is 41.7 Å². The van der Waals surface area contributed by atoms with E-state index in [1.54, 1.807) is 6.08 Å². The van der Waals surface area contributed by atoms with Crippen molar-refractivity contribution in [2.45, 2.75) is 64.0 Å². The SMILES string of the molecule is C/C=C/C=C/C[C@@H]1C[C@H](O)[C@H]2[C@@H]3/C(C)=C/[C@H]4C=C[C@@H](O)[C@@H](O)[C@@H]4/C(C)=C/C=C\[C@@H]3C(=O)N12. The summed E-state index contributed by atoms with van der Waals surface area (Å²) in [6, 6.07) is -0.237. The molecular formula is C27H35NO4. The first-order valence-electron chi connectivity index (χ1n) is 11.7. The van der Waals surface area contributed by atoms with Crippen LogP contribution in [0.25, 0.3) is 0 Å². The second-order valence-corrected chi connectivity index (χ2v) is 9.61. The van der Waals surface area contributed by atoms with Crippen molar-refractivity contribution in [3.8, 4) is 0 Å². The van der Waals surface area contributed by atoms with Crippen LogP contribution in [0.4, 0.5) is 0 Å². The zero-order valence-electron chi connectivity index (χ0n) is 19.1. The van der Waals surface area contributed by atoms with Gasteiger partial charge in [-0.05, 0) is 33.6 Å². The smallest absolute Gasteiger partial charge is 0.230 e. The van der Waals surface area contributed by atoms with Crippen molar-refractivity contribution in [1.29, 1.82) is 0 Å². The molecular weight excluding hydrogens is 402 g/mol. The lowest BCUT2D eigenvalue weighted by Crippen LogP contribution is -2.40. The molecule has 0 unspecified atom stereocenters. The number of fused-ring (bicyclic) bond motifs is 4. The highest BCUT2D eigenvalue weighted by molar-refractivity contribution is 5.85. The first-order chi connectivity index (χ1) is 15.3. The molecule has 0 aromatic heterocycles. The van der Waals surface area contributed by atoms with Gasteiger partial charge in [-0.25, -0.2) is 0 Å². The summed E-state index contributed by atoms with van der Waals surface area (Å²) in [4.78, 5) is 15.5. The Morgan fingerprint density at radius 1 is 1.06 bits per heavy atom. The lowest BCUT2D eigenvalue weighted by atomic mass is 9.73. The molecule has 2 fully saturated rings. The number of amides is 1. The molecule has 0 aromatic carbocycles. The Balaban J connectivity index is 1.71. The number of rotatable bonds is 3. The van der Waals surface area contributed by atoms with Gasteiger partial charge < -0.3 is 20.2 Å². The summed E-state index contributed by atoms with van der Waals surface area (Å²) in [6.45, 7) is 5.97. The van der Waals surface area contributed by atoms with Crippen LogP contribution in [0.3, 0.4) is 0 Å². The fourth-order valence-electron chi connectivity index (χ4n) is 6.13. The predicted octanol–water partition coefficient (Wildman–Crippen LogP) is 3.07. The molecule has 0 radical (unpaired) electrons. The van der Waals surface area contributed by atoms with Crippen molar-refractivity contribution in [2.24, 2.45) is 23.7 Å². The van der Waals surface area contributed by atoms with Crippen LogP contribution in [0.2, 0.25) is 0 Å². The van der Waals surface area contributed by atoms with Crippen LogP contribution in [0.15, 0.2) is 71.9 Å². The third-order valence-electron chi connectivity index (χ3n) is 7.61. The maximum absolute atomic E-state index is 13.5. The van der Waals surface area contributed by atoms with E-state index in [0.29, 0.717) is 6.42 Å². The second-order valence-electron chi connectivity index (χ2n) is 9.61. The van der Waals surface area contributed by atoms with Crippen LogP contribution in [0, 0.1) is 23.7 Å². The van der Waals surface area contributed by atoms with E-state index in [0.717, 1.165) is 17.6 Å². The molecule has 4 aliphatic rings. The molecule has 2 saturated heterocycles. The Bertz CT molecular complexity index is 911. The Labute approximate surface area is 190 Å². The molecule has 5 nitrogen and oxygen atoms in total. The van der Waals surface area contributed by atoms with Gasteiger partial charge in [-0.2, -0.15) is 0 Å². The highest BCUT2D eigenvalue weighted by Crippen LogP contribution is 2.47. The van der Waals surface area contributed by atoms with Crippen LogP contribution in [-0.2, 0) is 4.79 Å². The molecule has 3 N–H and O–H groups in total. The summed E-state index contributed by atoms with van der Waals surface area (Å²) in [5.41, 5.74) is 2.03. The van der Waals surface area contributed by atoms with Crippen LogP contribution in [-0.4, -0.2) is 56.5 Å². The van der Waals surface area contributed by atoms with Crippen LogP contribution < -0.4 is 0 Å². The van der Waals surface area contributed by atoms with Crippen molar-refractivity contribution in [1.82, 2.24) is 4.90 Å². The lowest BCUT2D eigenvalue weighted by Gasteiger charge is -2.35. The first kappa shape index (κ1) is 23.0. The summed E-state index contributed by atoms with van der Waals surface area (Å²) in [5.74, 6) is -0.626. The second kappa shape index (κ2) is 9.34. The zero-order chi connectivity index (χ0) is 23.0. The number of carbonyl (C=O) groups excluding carboxylic acids is 1. The van der Waals surface area contributed by atoms with E-state index in [2.05, 4.69) is 12.2 Å². The number of aliphatic hydroxyl groups is 3. The van der Waals surface area contributed by atoms with Crippen molar-refractivity contribution < 1.29 is 20.1 Å². The molecule has 172 valence electrons. The maximum atomic E-state index is 13.5. The van der Waals surface area contributed by atoms with Crippen molar-refractivity contribution in [2.75, 3.05) is 0 Å². The van der Waals surface area contributed by atoms with Crippen LogP contribution >= 0.6 is 0 Å². The summed E-state index contributed by atoms with van der Waals surface area (Å²) >= 11 is 0. The highest BCUT2D eigenvalue weighted by atomic mass is 16.3. The third kappa shape index (κ3) is 3.98. The molecule has 4 rings (SSSR count). The van der Waals surface area contributed by atoms with E-state index in [4.69, 9.17) is 0 Å². The maximum Gasteiger partial charge on any atom is 0.230 e. The van der Waals surface area contributed by atoms with Crippen molar-refractivity contribution in [3.63, 3.8) is 0 Å².